The van der Waals surface area contributed by atoms with E-state index in [0.717, 1.165) is 18.5 Å². The van der Waals surface area contributed by atoms with E-state index in [1.807, 2.05) is 0 Å². The second-order valence-corrected chi connectivity index (χ2v) is 6.94. The largest absolute Gasteiger partial charge is 0.329 e. The average Bonchev–Trinajstić information content (AvgIpc) is 2.70. The molecule has 0 aromatic carbocycles. The van der Waals surface area contributed by atoms with Gasteiger partial charge in [0.1, 0.15) is 0 Å². The molecule has 2 N–H and O–H groups in total. The Morgan fingerprint density at radius 2 is 1.61 bits per heavy atom. The zero-order valence-corrected chi connectivity index (χ0v) is 11.9. The van der Waals surface area contributed by atoms with Crippen LogP contribution in [0.1, 0.15) is 70.6 Å². The summed E-state index contributed by atoms with van der Waals surface area (Å²) in [6.07, 6.45) is 15.7. The summed E-state index contributed by atoms with van der Waals surface area (Å²) in [5.74, 6) is 1.01. The van der Waals surface area contributed by atoms with Crippen molar-refractivity contribution in [2.24, 2.45) is 11.7 Å². The van der Waals surface area contributed by atoms with Crippen LogP contribution in [0.25, 0.3) is 0 Å². The van der Waals surface area contributed by atoms with E-state index in [0.29, 0.717) is 5.54 Å². The lowest BCUT2D eigenvalue weighted by atomic mass is 9.82. The highest BCUT2D eigenvalue weighted by molar-refractivity contribution is 5.01. The fraction of sp³-hybridized carbons (Fsp3) is 1.00. The first-order valence-electron chi connectivity index (χ1n) is 8.33. The van der Waals surface area contributed by atoms with Crippen molar-refractivity contribution < 1.29 is 0 Å². The number of nitrogens with two attached hydrogens (primary N) is 1. The van der Waals surface area contributed by atoms with Gasteiger partial charge in [0.25, 0.3) is 0 Å². The number of rotatable bonds is 2. The third kappa shape index (κ3) is 2.22. The van der Waals surface area contributed by atoms with Crippen molar-refractivity contribution in [1.82, 2.24) is 4.90 Å². The molecule has 2 aliphatic carbocycles. The van der Waals surface area contributed by atoms with E-state index in [9.17, 15) is 0 Å². The molecule has 2 atom stereocenters. The van der Waals surface area contributed by atoms with Gasteiger partial charge in [0.05, 0.1) is 0 Å². The Kier molecular flexibility index (Phi) is 3.95. The molecule has 1 aliphatic heterocycles. The Labute approximate surface area is 112 Å². The summed E-state index contributed by atoms with van der Waals surface area (Å²) in [6.45, 7) is 2.24. The van der Waals surface area contributed by atoms with Crippen LogP contribution in [0.3, 0.4) is 0 Å². The maximum atomic E-state index is 6.27. The van der Waals surface area contributed by atoms with Gasteiger partial charge in [0.15, 0.2) is 0 Å². The molecule has 0 aromatic heterocycles. The Balaban J connectivity index is 1.77. The monoisotopic (exact) mass is 250 g/mol. The van der Waals surface area contributed by atoms with Crippen molar-refractivity contribution in [1.29, 1.82) is 0 Å². The van der Waals surface area contributed by atoms with Crippen LogP contribution in [-0.4, -0.2) is 29.6 Å². The third-order valence-electron chi connectivity index (χ3n) is 6.03. The molecule has 2 unspecified atom stereocenters. The Bertz CT molecular complexity index is 268. The summed E-state index contributed by atoms with van der Waals surface area (Å²) in [6, 6.07) is 0.889. The summed E-state index contributed by atoms with van der Waals surface area (Å²) in [4.78, 5) is 2.89. The third-order valence-corrected chi connectivity index (χ3v) is 6.03. The molecule has 0 aromatic rings. The SMILES string of the molecule is NCC1(N2CCC3CCCCC32)CCCCCC1. The predicted octanol–water partition coefficient (Wildman–Crippen LogP) is 3.30. The summed E-state index contributed by atoms with van der Waals surface area (Å²) in [5.41, 5.74) is 6.65. The molecule has 0 amide bonds. The van der Waals surface area contributed by atoms with Crippen molar-refractivity contribution in [3.8, 4) is 0 Å². The highest BCUT2D eigenvalue weighted by Gasteiger charge is 2.45. The highest BCUT2D eigenvalue weighted by atomic mass is 15.3. The maximum Gasteiger partial charge on any atom is 0.0334 e. The van der Waals surface area contributed by atoms with Crippen LogP contribution < -0.4 is 5.73 Å². The fourth-order valence-corrected chi connectivity index (χ4v) is 4.99. The molecule has 0 bridgehead atoms. The van der Waals surface area contributed by atoms with E-state index in [-0.39, 0.29) is 0 Å². The highest BCUT2D eigenvalue weighted by Crippen LogP contribution is 2.43. The van der Waals surface area contributed by atoms with Crippen LogP contribution in [0.5, 0.6) is 0 Å². The first-order valence-corrected chi connectivity index (χ1v) is 8.33. The number of nitrogens with zero attached hydrogens (tertiary/aromatic N) is 1. The summed E-state index contributed by atoms with van der Waals surface area (Å²) < 4.78 is 0. The van der Waals surface area contributed by atoms with Crippen LogP contribution in [-0.2, 0) is 0 Å². The average molecular weight is 250 g/mol. The molecule has 104 valence electrons. The molecule has 0 spiro atoms. The zero-order chi connectivity index (χ0) is 12.4. The molecule has 2 heteroatoms. The van der Waals surface area contributed by atoms with Crippen LogP contribution >= 0.6 is 0 Å². The number of likely N-dealkylation sites (tertiary alicyclic amines) is 1. The van der Waals surface area contributed by atoms with Gasteiger partial charge in [-0.3, -0.25) is 4.90 Å². The van der Waals surface area contributed by atoms with Gasteiger partial charge in [-0.2, -0.15) is 0 Å². The normalized spacial score (nSPS) is 37.2. The molecule has 0 radical (unpaired) electrons. The molecule has 3 aliphatic rings. The Morgan fingerprint density at radius 1 is 0.889 bits per heavy atom. The molecular formula is C16H30N2. The van der Waals surface area contributed by atoms with Gasteiger partial charge in [-0.15, -0.1) is 0 Å². The molecule has 1 heterocycles. The quantitative estimate of drug-likeness (QED) is 0.762. The van der Waals surface area contributed by atoms with Gasteiger partial charge in [-0.25, -0.2) is 0 Å². The lowest BCUT2D eigenvalue weighted by molar-refractivity contribution is 0.0423. The van der Waals surface area contributed by atoms with Gasteiger partial charge in [0.2, 0.25) is 0 Å². The molecular weight excluding hydrogens is 220 g/mol. The van der Waals surface area contributed by atoms with Crippen molar-refractivity contribution in [3.63, 3.8) is 0 Å². The van der Waals surface area contributed by atoms with Crippen LogP contribution in [0.15, 0.2) is 0 Å². The summed E-state index contributed by atoms with van der Waals surface area (Å²) in [5, 5.41) is 0. The molecule has 2 saturated carbocycles. The van der Waals surface area contributed by atoms with Crippen molar-refractivity contribution >= 4 is 0 Å². The number of fused-ring (bicyclic) bond motifs is 1. The van der Waals surface area contributed by atoms with Crippen LogP contribution in [0.2, 0.25) is 0 Å². The standard InChI is InChI=1S/C16H30N2/c17-13-16(10-5-1-2-6-11-16)18-12-9-14-7-3-4-8-15(14)18/h14-15H,1-13,17H2. The topological polar surface area (TPSA) is 29.3 Å². The number of hydrogen-bond donors (Lipinski definition) is 1. The first-order chi connectivity index (χ1) is 8.86. The molecule has 1 saturated heterocycles. The molecule has 3 fully saturated rings. The molecule has 18 heavy (non-hydrogen) atoms. The predicted molar refractivity (Wildman–Crippen MR) is 76.6 cm³/mol. The molecule has 2 nitrogen and oxygen atoms in total. The van der Waals surface area contributed by atoms with E-state index in [4.69, 9.17) is 5.73 Å². The minimum absolute atomic E-state index is 0.382. The minimum Gasteiger partial charge on any atom is -0.329 e. The van der Waals surface area contributed by atoms with Gasteiger partial charge in [0, 0.05) is 18.1 Å². The van der Waals surface area contributed by atoms with E-state index in [1.54, 1.807) is 0 Å². The van der Waals surface area contributed by atoms with Crippen molar-refractivity contribution in [3.05, 3.63) is 0 Å². The number of hydrogen-bond acceptors (Lipinski definition) is 2. The second-order valence-electron chi connectivity index (χ2n) is 6.94. The van der Waals surface area contributed by atoms with E-state index < -0.39 is 0 Å². The Hall–Kier alpha value is -0.0800. The minimum atomic E-state index is 0.382. The lowest BCUT2D eigenvalue weighted by Crippen LogP contribution is -2.56. The second kappa shape index (κ2) is 5.50. The van der Waals surface area contributed by atoms with Crippen LogP contribution in [0, 0.1) is 5.92 Å². The van der Waals surface area contributed by atoms with Gasteiger partial charge >= 0.3 is 0 Å². The van der Waals surface area contributed by atoms with Gasteiger partial charge < -0.3 is 5.73 Å². The van der Waals surface area contributed by atoms with Crippen molar-refractivity contribution in [2.45, 2.75) is 82.2 Å². The van der Waals surface area contributed by atoms with Crippen molar-refractivity contribution in [2.75, 3.05) is 13.1 Å². The van der Waals surface area contributed by atoms with E-state index in [2.05, 4.69) is 4.90 Å². The summed E-state index contributed by atoms with van der Waals surface area (Å²) in [7, 11) is 0. The zero-order valence-electron chi connectivity index (χ0n) is 11.9. The maximum absolute atomic E-state index is 6.27. The fourth-order valence-electron chi connectivity index (χ4n) is 4.99. The van der Waals surface area contributed by atoms with E-state index in [1.165, 1.54) is 77.2 Å². The summed E-state index contributed by atoms with van der Waals surface area (Å²) >= 11 is 0. The first kappa shape index (κ1) is 12.9. The molecule has 3 rings (SSSR count). The Morgan fingerprint density at radius 3 is 2.33 bits per heavy atom. The van der Waals surface area contributed by atoms with Gasteiger partial charge in [-0.05, 0) is 44.6 Å². The lowest BCUT2D eigenvalue weighted by Gasteiger charge is -2.46. The smallest absolute Gasteiger partial charge is 0.0334 e. The van der Waals surface area contributed by atoms with Gasteiger partial charge in [-0.1, -0.05) is 38.5 Å². The van der Waals surface area contributed by atoms with Crippen LogP contribution in [0.4, 0.5) is 0 Å². The van der Waals surface area contributed by atoms with E-state index >= 15 is 0 Å².